The summed E-state index contributed by atoms with van der Waals surface area (Å²) in [5.74, 6) is -0.101. The Morgan fingerprint density at radius 2 is 2.00 bits per heavy atom. The monoisotopic (exact) mass is 371 g/mol. The zero-order chi connectivity index (χ0) is 18.9. The highest BCUT2D eigenvalue weighted by Gasteiger charge is 2.26. The summed E-state index contributed by atoms with van der Waals surface area (Å²) >= 11 is 1.67. The first-order chi connectivity index (χ1) is 12.3. The Kier molecular flexibility index (Phi) is 5.14. The number of carbonyl (C=O) groups is 2. The van der Waals surface area contributed by atoms with E-state index in [1.807, 2.05) is 18.2 Å². The fraction of sp³-hybridized carbons (Fsp3) is 0.450. The van der Waals surface area contributed by atoms with Gasteiger partial charge in [-0.3, -0.25) is 9.59 Å². The summed E-state index contributed by atoms with van der Waals surface area (Å²) in [6.07, 6.45) is 2.70. The van der Waals surface area contributed by atoms with Crippen molar-refractivity contribution in [3.05, 3.63) is 35.9 Å². The minimum atomic E-state index is -0.0637. The van der Waals surface area contributed by atoms with E-state index < -0.39 is 0 Å². The number of carbonyl (C=O) groups excluding carboxylic acids is 2. The molecule has 0 saturated carbocycles. The van der Waals surface area contributed by atoms with E-state index in [-0.39, 0.29) is 23.1 Å². The smallest absolute Gasteiger partial charge is 0.245 e. The summed E-state index contributed by atoms with van der Waals surface area (Å²) < 4.78 is 1.08. The third-order valence-electron chi connectivity index (χ3n) is 4.65. The number of amides is 2. The largest absolute Gasteiger partial charge is 0.339 e. The lowest BCUT2D eigenvalue weighted by atomic mass is 9.95. The summed E-state index contributed by atoms with van der Waals surface area (Å²) in [7, 11) is 0. The van der Waals surface area contributed by atoms with Gasteiger partial charge < -0.3 is 10.2 Å². The van der Waals surface area contributed by atoms with Crippen LogP contribution < -0.4 is 5.32 Å². The van der Waals surface area contributed by atoms with E-state index in [1.54, 1.807) is 16.2 Å². The first-order valence-electron chi connectivity index (χ1n) is 8.91. The Hall–Kier alpha value is -2.21. The second-order valence-corrected chi connectivity index (χ2v) is 8.78. The SMILES string of the molecule is C=CC(=O)N1CCC(C(=O)Nc2ccc3nc(C(C)(C)C)sc3c2)CC1. The van der Waals surface area contributed by atoms with Crippen LogP contribution in [0, 0.1) is 5.92 Å². The molecule has 6 heteroatoms. The highest BCUT2D eigenvalue weighted by molar-refractivity contribution is 7.18. The van der Waals surface area contributed by atoms with Crippen molar-refractivity contribution >= 4 is 39.1 Å². The average Bonchev–Trinajstić information content (AvgIpc) is 3.05. The lowest BCUT2D eigenvalue weighted by Gasteiger charge is -2.30. The molecule has 2 heterocycles. The number of anilines is 1. The van der Waals surface area contributed by atoms with Gasteiger partial charge in [0.15, 0.2) is 0 Å². The molecule has 0 aliphatic carbocycles. The van der Waals surface area contributed by atoms with Gasteiger partial charge in [-0.1, -0.05) is 27.4 Å². The highest BCUT2D eigenvalue weighted by atomic mass is 32.1. The minimum absolute atomic E-state index is 0.0178. The van der Waals surface area contributed by atoms with Crippen molar-refractivity contribution in [1.29, 1.82) is 0 Å². The Morgan fingerprint density at radius 1 is 1.31 bits per heavy atom. The quantitative estimate of drug-likeness (QED) is 0.831. The summed E-state index contributed by atoms with van der Waals surface area (Å²) in [4.78, 5) is 30.6. The number of benzene rings is 1. The van der Waals surface area contributed by atoms with E-state index in [4.69, 9.17) is 0 Å². The summed E-state index contributed by atoms with van der Waals surface area (Å²) in [6, 6.07) is 5.86. The molecule has 1 aliphatic rings. The fourth-order valence-electron chi connectivity index (χ4n) is 3.06. The number of hydrogen-bond donors (Lipinski definition) is 1. The maximum atomic E-state index is 12.6. The van der Waals surface area contributed by atoms with Crippen LogP contribution in [0.2, 0.25) is 0 Å². The van der Waals surface area contributed by atoms with Crippen LogP contribution in [0.5, 0.6) is 0 Å². The van der Waals surface area contributed by atoms with Crippen molar-refractivity contribution in [3.8, 4) is 0 Å². The topological polar surface area (TPSA) is 62.3 Å². The molecule has 1 fully saturated rings. The molecule has 1 saturated heterocycles. The number of rotatable bonds is 3. The molecule has 0 bridgehead atoms. The van der Waals surface area contributed by atoms with Crippen LogP contribution in [0.1, 0.15) is 38.6 Å². The molecule has 3 rings (SSSR count). The standard InChI is InChI=1S/C20H25N3O2S/c1-5-17(24)23-10-8-13(9-11-23)18(25)21-14-6-7-15-16(12-14)26-19(22-15)20(2,3)4/h5-7,12-13H,1,8-11H2,2-4H3,(H,21,25). The van der Waals surface area contributed by atoms with Crippen LogP contribution in [0.25, 0.3) is 10.2 Å². The predicted octanol–water partition coefficient (Wildman–Crippen LogP) is 3.96. The third-order valence-corrected chi connectivity index (χ3v) is 6.09. The zero-order valence-corrected chi connectivity index (χ0v) is 16.4. The van der Waals surface area contributed by atoms with Gasteiger partial charge in [-0.25, -0.2) is 4.98 Å². The third kappa shape index (κ3) is 3.96. The normalized spacial score (nSPS) is 15.9. The number of nitrogens with zero attached hydrogens (tertiary/aromatic N) is 2. The molecule has 0 unspecified atom stereocenters. The number of likely N-dealkylation sites (tertiary alicyclic amines) is 1. The van der Waals surface area contributed by atoms with Gasteiger partial charge in [-0.15, -0.1) is 11.3 Å². The zero-order valence-electron chi connectivity index (χ0n) is 15.5. The Morgan fingerprint density at radius 3 is 2.62 bits per heavy atom. The molecule has 26 heavy (non-hydrogen) atoms. The van der Waals surface area contributed by atoms with Crippen molar-refractivity contribution in [2.45, 2.75) is 39.0 Å². The van der Waals surface area contributed by atoms with Gasteiger partial charge in [0.2, 0.25) is 11.8 Å². The van der Waals surface area contributed by atoms with E-state index in [0.717, 1.165) is 20.9 Å². The van der Waals surface area contributed by atoms with Crippen LogP contribution >= 0.6 is 11.3 Å². The molecular weight excluding hydrogens is 346 g/mol. The number of nitrogens with one attached hydrogen (secondary N) is 1. The molecule has 0 radical (unpaired) electrons. The summed E-state index contributed by atoms with van der Waals surface area (Å²) in [5, 5.41) is 4.12. The number of hydrogen-bond acceptors (Lipinski definition) is 4. The lowest BCUT2D eigenvalue weighted by molar-refractivity contribution is -0.130. The second-order valence-electron chi connectivity index (χ2n) is 7.74. The molecule has 0 spiro atoms. The van der Waals surface area contributed by atoms with Crippen molar-refractivity contribution in [2.75, 3.05) is 18.4 Å². The van der Waals surface area contributed by atoms with Gasteiger partial charge in [0, 0.05) is 30.1 Å². The van der Waals surface area contributed by atoms with Gasteiger partial charge >= 0.3 is 0 Å². The molecule has 2 aromatic rings. The summed E-state index contributed by atoms with van der Waals surface area (Å²) in [6.45, 7) is 11.2. The highest BCUT2D eigenvalue weighted by Crippen LogP contribution is 2.32. The maximum Gasteiger partial charge on any atom is 0.245 e. The number of fused-ring (bicyclic) bond motifs is 1. The van der Waals surface area contributed by atoms with Gasteiger partial charge in [-0.2, -0.15) is 0 Å². The lowest BCUT2D eigenvalue weighted by Crippen LogP contribution is -2.40. The van der Waals surface area contributed by atoms with Crippen LogP contribution in [0.15, 0.2) is 30.9 Å². The van der Waals surface area contributed by atoms with Crippen molar-refractivity contribution in [3.63, 3.8) is 0 Å². The molecule has 5 nitrogen and oxygen atoms in total. The molecule has 1 aliphatic heterocycles. The van der Waals surface area contributed by atoms with Gasteiger partial charge in [0.25, 0.3) is 0 Å². The Bertz CT molecular complexity index is 842. The van der Waals surface area contributed by atoms with E-state index in [2.05, 4.69) is 37.7 Å². The van der Waals surface area contributed by atoms with E-state index in [9.17, 15) is 9.59 Å². The number of piperidine rings is 1. The molecule has 1 aromatic carbocycles. The van der Waals surface area contributed by atoms with Crippen molar-refractivity contribution in [1.82, 2.24) is 9.88 Å². The molecule has 2 amide bonds. The van der Waals surface area contributed by atoms with E-state index in [0.29, 0.717) is 25.9 Å². The molecular formula is C20H25N3O2S. The molecule has 138 valence electrons. The van der Waals surface area contributed by atoms with Crippen LogP contribution in [0.4, 0.5) is 5.69 Å². The van der Waals surface area contributed by atoms with E-state index >= 15 is 0 Å². The number of aromatic nitrogens is 1. The minimum Gasteiger partial charge on any atom is -0.339 e. The molecule has 1 N–H and O–H groups in total. The first kappa shape index (κ1) is 18.6. The van der Waals surface area contributed by atoms with Crippen LogP contribution in [0.3, 0.4) is 0 Å². The number of thiazole rings is 1. The second kappa shape index (κ2) is 7.19. The molecule has 0 atom stereocenters. The van der Waals surface area contributed by atoms with Gasteiger partial charge in [-0.05, 0) is 37.1 Å². The fourth-order valence-corrected chi connectivity index (χ4v) is 4.12. The van der Waals surface area contributed by atoms with E-state index in [1.165, 1.54) is 6.08 Å². The molecule has 1 aromatic heterocycles. The van der Waals surface area contributed by atoms with Gasteiger partial charge in [0.1, 0.15) is 0 Å². The van der Waals surface area contributed by atoms with Crippen molar-refractivity contribution in [2.24, 2.45) is 5.92 Å². The maximum absolute atomic E-state index is 12.6. The Labute approximate surface area is 158 Å². The predicted molar refractivity (Wildman–Crippen MR) is 106 cm³/mol. The Balaban J connectivity index is 1.66. The van der Waals surface area contributed by atoms with Gasteiger partial charge in [0.05, 0.1) is 15.2 Å². The average molecular weight is 372 g/mol. The van der Waals surface area contributed by atoms with Crippen LogP contribution in [-0.4, -0.2) is 34.8 Å². The van der Waals surface area contributed by atoms with Crippen LogP contribution in [-0.2, 0) is 15.0 Å². The summed E-state index contributed by atoms with van der Waals surface area (Å²) in [5.41, 5.74) is 1.79. The first-order valence-corrected chi connectivity index (χ1v) is 9.73. The van der Waals surface area contributed by atoms with Crippen molar-refractivity contribution < 1.29 is 9.59 Å².